The van der Waals surface area contributed by atoms with E-state index in [0.717, 1.165) is 11.1 Å². The topological polar surface area (TPSA) is 93.1 Å². The number of hydrogen-bond acceptors (Lipinski definition) is 6. The van der Waals surface area contributed by atoms with E-state index in [-0.39, 0.29) is 38.0 Å². The average Bonchev–Trinajstić information content (AvgIpc) is 2.81. The molecule has 6 nitrogen and oxygen atoms in total. The number of benzene rings is 2. The average molecular weight is 431 g/mol. The van der Waals surface area contributed by atoms with Crippen molar-refractivity contribution in [3.8, 4) is 0 Å². The van der Waals surface area contributed by atoms with E-state index in [1.54, 1.807) is 13.8 Å². The minimum Gasteiger partial charge on any atom is -0.457 e. The van der Waals surface area contributed by atoms with Crippen LogP contribution in [0.25, 0.3) is 0 Å². The van der Waals surface area contributed by atoms with Gasteiger partial charge in [-0.1, -0.05) is 88.4 Å². The summed E-state index contributed by atoms with van der Waals surface area (Å²) in [5.41, 5.74) is 1.06. The summed E-state index contributed by atoms with van der Waals surface area (Å²) >= 11 is 0. The molecular weight excluding hydrogens is 396 g/mol. The van der Waals surface area contributed by atoms with E-state index >= 15 is 0 Å². The molecule has 0 saturated carbocycles. The van der Waals surface area contributed by atoms with E-state index in [0.29, 0.717) is 0 Å². The molecule has 0 heterocycles. The van der Waals surface area contributed by atoms with Crippen LogP contribution in [0.1, 0.15) is 63.9 Å². The zero-order valence-electron chi connectivity index (χ0n) is 18.8. The van der Waals surface area contributed by atoms with E-state index < -0.39 is 17.6 Å². The normalized spacial score (nSPS) is 12.7. The van der Waals surface area contributed by atoms with Crippen molar-refractivity contribution in [3.05, 3.63) is 71.8 Å². The molecule has 2 unspecified atom stereocenters. The molecule has 0 saturated heterocycles. The highest BCUT2D eigenvalue weighted by Crippen LogP contribution is 2.48. The molecule has 6 heteroatoms. The van der Waals surface area contributed by atoms with E-state index in [2.05, 4.69) is 0 Å². The number of carbonyl (C=O) groups excluding carboxylic acids is 2. The van der Waals surface area contributed by atoms with Gasteiger partial charge in [0.15, 0.2) is 0 Å². The third kappa shape index (κ3) is 8.15. The second-order valence-electron chi connectivity index (χ2n) is 7.54. The maximum Gasteiger partial charge on any atom is 0.306 e. The molecule has 2 atom stereocenters. The van der Waals surface area contributed by atoms with Crippen LogP contribution < -0.4 is 0 Å². The minimum absolute atomic E-state index is 0.125. The SMILES string of the molecule is CCC(=O)OC(c1ccccc1)C(C)(C)C(OC(=O)CC)c1ccccc1.OCCO. The number of hydrogen-bond donors (Lipinski definition) is 2. The van der Waals surface area contributed by atoms with Crippen molar-refractivity contribution in [3.63, 3.8) is 0 Å². The number of aliphatic hydroxyl groups is 2. The Hall–Kier alpha value is -2.70. The summed E-state index contributed by atoms with van der Waals surface area (Å²) in [6, 6.07) is 19.2. The fourth-order valence-corrected chi connectivity index (χ4v) is 3.12. The van der Waals surface area contributed by atoms with Crippen LogP contribution in [0, 0.1) is 5.41 Å². The van der Waals surface area contributed by atoms with Gasteiger partial charge in [0.1, 0.15) is 12.2 Å². The molecule has 2 aromatic rings. The third-order valence-corrected chi connectivity index (χ3v) is 4.73. The van der Waals surface area contributed by atoms with Crippen molar-refractivity contribution < 1.29 is 29.3 Å². The molecule has 2 aromatic carbocycles. The van der Waals surface area contributed by atoms with Gasteiger partial charge in [-0.2, -0.15) is 0 Å². The Bertz CT molecular complexity index is 708. The summed E-state index contributed by atoms with van der Waals surface area (Å²) < 4.78 is 11.7. The molecule has 2 rings (SSSR count). The lowest BCUT2D eigenvalue weighted by Crippen LogP contribution is -2.35. The first-order valence-electron chi connectivity index (χ1n) is 10.5. The standard InChI is InChI=1S/C23H28O4.C2H6O2/c1-5-19(24)26-21(17-13-9-7-10-14-17)23(3,4)22(27-20(25)6-2)18-15-11-8-12-16-18;3-1-2-4/h7-16,21-22H,5-6H2,1-4H3;3-4H,1-2H2. The highest BCUT2D eigenvalue weighted by molar-refractivity contribution is 5.70. The molecule has 170 valence electrons. The molecular formula is C25H34O6. The zero-order valence-corrected chi connectivity index (χ0v) is 18.8. The maximum atomic E-state index is 12.1. The van der Waals surface area contributed by atoms with Crippen molar-refractivity contribution in [2.45, 2.75) is 52.7 Å². The predicted molar refractivity (Wildman–Crippen MR) is 119 cm³/mol. The molecule has 0 amide bonds. The van der Waals surface area contributed by atoms with Gasteiger partial charge in [0, 0.05) is 18.3 Å². The van der Waals surface area contributed by atoms with Crippen molar-refractivity contribution >= 4 is 11.9 Å². The monoisotopic (exact) mass is 430 g/mol. The largest absolute Gasteiger partial charge is 0.457 e. The highest BCUT2D eigenvalue weighted by atomic mass is 16.6. The van der Waals surface area contributed by atoms with Gasteiger partial charge >= 0.3 is 11.9 Å². The molecule has 0 fully saturated rings. The zero-order chi connectivity index (χ0) is 23.3. The Morgan fingerprint density at radius 3 is 1.32 bits per heavy atom. The minimum atomic E-state index is -0.682. The second-order valence-corrected chi connectivity index (χ2v) is 7.54. The number of ether oxygens (including phenoxy) is 2. The lowest BCUT2D eigenvalue weighted by Gasteiger charge is -2.40. The van der Waals surface area contributed by atoms with Gasteiger partial charge in [0.2, 0.25) is 0 Å². The summed E-state index contributed by atoms with van der Waals surface area (Å²) in [7, 11) is 0. The predicted octanol–water partition coefficient (Wildman–Crippen LogP) is 4.37. The van der Waals surface area contributed by atoms with E-state index in [1.165, 1.54) is 0 Å². The molecule has 0 bridgehead atoms. The summed E-state index contributed by atoms with van der Waals surface area (Å²) in [5, 5.41) is 15.2. The lowest BCUT2D eigenvalue weighted by atomic mass is 9.75. The molecule has 31 heavy (non-hydrogen) atoms. The molecule has 0 aromatic heterocycles. The Morgan fingerprint density at radius 2 is 1.06 bits per heavy atom. The number of aliphatic hydroxyl groups excluding tert-OH is 2. The van der Waals surface area contributed by atoms with E-state index in [1.807, 2.05) is 74.5 Å². The van der Waals surface area contributed by atoms with Crippen molar-refractivity contribution in [2.24, 2.45) is 5.41 Å². The molecule has 0 aliphatic heterocycles. The first-order valence-corrected chi connectivity index (χ1v) is 10.5. The number of esters is 2. The Morgan fingerprint density at radius 1 is 0.742 bits per heavy atom. The van der Waals surface area contributed by atoms with Crippen LogP contribution in [-0.4, -0.2) is 35.4 Å². The Kier molecular flexibility index (Phi) is 11.5. The lowest BCUT2D eigenvalue weighted by molar-refractivity contribution is -0.173. The van der Waals surface area contributed by atoms with Crippen LogP contribution in [0.2, 0.25) is 0 Å². The molecule has 0 aliphatic rings. The number of carbonyl (C=O) groups is 2. The molecule has 0 aliphatic carbocycles. The van der Waals surface area contributed by atoms with Gasteiger partial charge in [-0.25, -0.2) is 0 Å². The van der Waals surface area contributed by atoms with Crippen LogP contribution in [-0.2, 0) is 19.1 Å². The first kappa shape index (κ1) is 26.3. The Balaban J connectivity index is 0.00000110. The maximum absolute atomic E-state index is 12.1. The molecule has 2 N–H and O–H groups in total. The van der Waals surface area contributed by atoms with Gasteiger partial charge in [-0.05, 0) is 11.1 Å². The van der Waals surface area contributed by atoms with Crippen molar-refractivity contribution in [1.82, 2.24) is 0 Å². The summed E-state index contributed by atoms with van der Waals surface area (Å²) in [6.45, 7) is 7.22. The van der Waals surface area contributed by atoms with Gasteiger partial charge in [0.25, 0.3) is 0 Å². The van der Waals surface area contributed by atoms with Crippen LogP contribution in [0.3, 0.4) is 0 Å². The fourth-order valence-electron chi connectivity index (χ4n) is 3.12. The molecule has 0 radical (unpaired) electrons. The van der Waals surface area contributed by atoms with E-state index in [9.17, 15) is 9.59 Å². The van der Waals surface area contributed by atoms with Crippen molar-refractivity contribution in [2.75, 3.05) is 13.2 Å². The van der Waals surface area contributed by atoms with Gasteiger partial charge in [-0.15, -0.1) is 0 Å². The first-order chi connectivity index (χ1) is 14.8. The third-order valence-electron chi connectivity index (χ3n) is 4.73. The van der Waals surface area contributed by atoms with Gasteiger partial charge in [0.05, 0.1) is 13.2 Å². The quantitative estimate of drug-likeness (QED) is 0.574. The summed E-state index contributed by atoms with van der Waals surface area (Å²) in [6.07, 6.45) is -0.545. The van der Waals surface area contributed by atoms with Crippen LogP contribution >= 0.6 is 0 Å². The Labute approximate surface area is 184 Å². The smallest absolute Gasteiger partial charge is 0.306 e. The van der Waals surface area contributed by atoms with Crippen molar-refractivity contribution in [1.29, 1.82) is 0 Å². The van der Waals surface area contributed by atoms with Crippen LogP contribution in [0.15, 0.2) is 60.7 Å². The second kappa shape index (κ2) is 13.6. The summed E-state index contributed by atoms with van der Waals surface area (Å²) in [4.78, 5) is 24.3. The van der Waals surface area contributed by atoms with Gasteiger partial charge < -0.3 is 19.7 Å². The fraction of sp³-hybridized carbons (Fsp3) is 0.440. The van der Waals surface area contributed by atoms with Crippen LogP contribution in [0.5, 0.6) is 0 Å². The number of rotatable bonds is 9. The van der Waals surface area contributed by atoms with Gasteiger partial charge in [-0.3, -0.25) is 9.59 Å². The highest BCUT2D eigenvalue weighted by Gasteiger charge is 2.43. The van der Waals surface area contributed by atoms with E-state index in [4.69, 9.17) is 19.7 Å². The van der Waals surface area contributed by atoms with Crippen LogP contribution in [0.4, 0.5) is 0 Å². The summed E-state index contributed by atoms with van der Waals surface area (Å²) in [5.74, 6) is -0.573. The molecule has 0 spiro atoms.